The molecule has 0 fully saturated rings. The molecule has 6 heteroatoms. The molecule has 1 aromatic heterocycles. The van der Waals surface area contributed by atoms with E-state index in [4.69, 9.17) is 11.6 Å². The number of anilines is 1. The van der Waals surface area contributed by atoms with Crippen molar-refractivity contribution in [2.75, 3.05) is 5.32 Å². The number of nitrogens with zero attached hydrogens (tertiary/aromatic N) is 2. The number of hydrogen-bond donors (Lipinski definition) is 1. The maximum atomic E-state index is 11.9. The van der Waals surface area contributed by atoms with Gasteiger partial charge in [0.05, 0.1) is 0 Å². The maximum Gasteiger partial charge on any atom is 0.250 e. The first kappa shape index (κ1) is 16.6. The van der Waals surface area contributed by atoms with E-state index >= 15 is 0 Å². The summed E-state index contributed by atoms with van der Waals surface area (Å²) in [6, 6.07) is 7.25. The molecule has 0 atom stereocenters. The molecule has 0 saturated heterocycles. The maximum absolute atomic E-state index is 11.9. The van der Waals surface area contributed by atoms with Gasteiger partial charge in [-0.3, -0.25) is 10.1 Å². The van der Waals surface area contributed by atoms with Gasteiger partial charge < -0.3 is 0 Å². The lowest BCUT2D eigenvalue weighted by atomic mass is 9.93. The molecule has 0 radical (unpaired) electrons. The van der Waals surface area contributed by atoms with Crippen LogP contribution in [0.2, 0.25) is 5.02 Å². The Morgan fingerprint density at radius 3 is 2.59 bits per heavy atom. The highest BCUT2D eigenvalue weighted by Gasteiger charge is 2.15. The van der Waals surface area contributed by atoms with Gasteiger partial charge in [-0.1, -0.05) is 55.8 Å². The summed E-state index contributed by atoms with van der Waals surface area (Å²) in [6.45, 7) is 6.42. The van der Waals surface area contributed by atoms with Crippen LogP contribution in [0.15, 0.2) is 30.3 Å². The fourth-order valence-electron chi connectivity index (χ4n) is 1.72. The highest BCUT2D eigenvalue weighted by atomic mass is 35.5. The van der Waals surface area contributed by atoms with Gasteiger partial charge in [0.2, 0.25) is 11.0 Å². The molecule has 2 rings (SSSR count). The van der Waals surface area contributed by atoms with Crippen molar-refractivity contribution in [2.45, 2.75) is 27.2 Å². The van der Waals surface area contributed by atoms with Crippen LogP contribution in [-0.2, 0) is 11.2 Å². The fraction of sp³-hybridized carbons (Fsp3) is 0.312. The van der Waals surface area contributed by atoms with Gasteiger partial charge in [0.25, 0.3) is 0 Å². The average Bonchev–Trinajstić information content (AvgIpc) is 2.83. The first-order valence-electron chi connectivity index (χ1n) is 6.89. The number of rotatable bonds is 4. The van der Waals surface area contributed by atoms with Gasteiger partial charge in [-0.15, -0.1) is 10.2 Å². The predicted molar refractivity (Wildman–Crippen MR) is 92.2 cm³/mol. The lowest BCUT2D eigenvalue weighted by Crippen LogP contribution is -2.08. The second-order valence-corrected chi connectivity index (χ2v) is 7.61. The summed E-state index contributed by atoms with van der Waals surface area (Å²) in [6.07, 6.45) is 4.03. The van der Waals surface area contributed by atoms with Crippen LogP contribution >= 0.6 is 22.9 Å². The van der Waals surface area contributed by atoms with E-state index in [-0.39, 0.29) is 11.3 Å². The molecule has 0 spiro atoms. The number of hydrogen-bond acceptors (Lipinski definition) is 4. The summed E-state index contributed by atoms with van der Waals surface area (Å²) >= 11 is 7.22. The minimum absolute atomic E-state index is 0.148. The van der Waals surface area contributed by atoms with Gasteiger partial charge >= 0.3 is 0 Å². The SMILES string of the molecule is CC(C)(C)Cc1nnc(NC(=O)/C=C/c2ccc(Cl)cc2)s1. The molecule has 0 saturated carbocycles. The summed E-state index contributed by atoms with van der Waals surface area (Å²) in [5.74, 6) is -0.228. The van der Waals surface area contributed by atoms with Crippen LogP contribution in [0.25, 0.3) is 6.08 Å². The molecule has 0 aliphatic carbocycles. The lowest BCUT2D eigenvalue weighted by molar-refractivity contribution is -0.111. The van der Waals surface area contributed by atoms with Gasteiger partial charge in [-0.05, 0) is 29.2 Å². The molecule has 1 amide bonds. The summed E-state index contributed by atoms with van der Waals surface area (Å²) < 4.78 is 0. The number of benzene rings is 1. The molecule has 22 heavy (non-hydrogen) atoms. The van der Waals surface area contributed by atoms with Crippen molar-refractivity contribution in [1.82, 2.24) is 10.2 Å². The Bertz CT molecular complexity index is 671. The summed E-state index contributed by atoms with van der Waals surface area (Å²) in [7, 11) is 0. The third-order valence-electron chi connectivity index (χ3n) is 2.68. The largest absolute Gasteiger partial charge is 0.297 e. The van der Waals surface area contributed by atoms with E-state index in [9.17, 15) is 4.79 Å². The van der Waals surface area contributed by atoms with Crippen LogP contribution in [0.3, 0.4) is 0 Å². The number of aromatic nitrogens is 2. The van der Waals surface area contributed by atoms with Crippen molar-refractivity contribution in [3.63, 3.8) is 0 Å². The number of nitrogens with one attached hydrogen (secondary N) is 1. The van der Waals surface area contributed by atoms with E-state index in [1.807, 2.05) is 12.1 Å². The first-order valence-corrected chi connectivity index (χ1v) is 8.08. The topological polar surface area (TPSA) is 54.9 Å². The van der Waals surface area contributed by atoms with Crippen LogP contribution in [0.4, 0.5) is 5.13 Å². The van der Waals surface area contributed by atoms with E-state index in [0.29, 0.717) is 10.2 Å². The second kappa shape index (κ2) is 7.03. The molecule has 0 aliphatic rings. The van der Waals surface area contributed by atoms with E-state index < -0.39 is 0 Å². The average molecular weight is 336 g/mol. The van der Waals surface area contributed by atoms with Crippen molar-refractivity contribution in [1.29, 1.82) is 0 Å². The molecule has 0 unspecified atom stereocenters. The van der Waals surface area contributed by atoms with Crippen molar-refractivity contribution in [2.24, 2.45) is 5.41 Å². The summed E-state index contributed by atoms with van der Waals surface area (Å²) in [5.41, 5.74) is 1.06. The van der Waals surface area contributed by atoms with E-state index in [2.05, 4.69) is 36.3 Å². The Morgan fingerprint density at radius 2 is 1.95 bits per heavy atom. The Kier molecular flexibility index (Phi) is 5.32. The van der Waals surface area contributed by atoms with Crippen molar-refractivity contribution in [3.8, 4) is 0 Å². The van der Waals surface area contributed by atoms with Crippen LogP contribution < -0.4 is 5.32 Å². The Morgan fingerprint density at radius 1 is 1.27 bits per heavy atom. The molecule has 4 nitrogen and oxygen atoms in total. The Hall–Kier alpha value is -1.72. The smallest absolute Gasteiger partial charge is 0.250 e. The third kappa shape index (κ3) is 5.58. The zero-order valence-corrected chi connectivity index (χ0v) is 14.3. The molecule has 1 N–H and O–H groups in total. The van der Waals surface area contributed by atoms with Crippen LogP contribution in [0.5, 0.6) is 0 Å². The standard InChI is InChI=1S/C16H18ClN3OS/c1-16(2,3)10-14-19-20-15(22-14)18-13(21)9-6-11-4-7-12(17)8-5-11/h4-9H,10H2,1-3H3,(H,18,20,21)/b9-6+. The molecule has 1 heterocycles. The highest BCUT2D eigenvalue weighted by molar-refractivity contribution is 7.15. The molecule has 1 aromatic carbocycles. The van der Waals surface area contributed by atoms with Gasteiger partial charge in [0.15, 0.2) is 0 Å². The minimum Gasteiger partial charge on any atom is -0.297 e. The van der Waals surface area contributed by atoms with Gasteiger partial charge in [0, 0.05) is 17.5 Å². The van der Waals surface area contributed by atoms with Crippen LogP contribution in [0, 0.1) is 5.41 Å². The predicted octanol–water partition coefficient (Wildman–Crippen LogP) is 4.43. The van der Waals surface area contributed by atoms with Crippen molar-refractivity contribution >= 4 is 40.1 Å². The fourth-order valence-corrected chi connectivity index (χ4v) is 2.89. The van der Waals surface area contributed by atoms with Gasteiger partial charge in [-0.2, -0.15) is 0 Å². The number of carbonyl (C=O) groups is 1. The van der Waals surface area contributed by atoms with Gasteiger partial charge in [-0.25, -0.2) is 0 Å². The zero-order valence-electron chi connectivity index (χ0n) is 12.8. The molecule has 2 aromatic rings. The van der Waals surface area contributed by atoms with Crippen molar-refractivity contribution in [3.05, 3.63) is 45.9 Å². The van der Waals surface area contributed by atoms with Crippen LogP contribution in [-0.4, -0.2) is 16.1 Å². The Labute approximate surface area is 139 Å². The summed E-state index contributed by atoms with van der Waals surface area (Å²) in [4.78, 5) is 11.9. The molecular weight excluding hydrogens is 318 g/mol. The Balaban J connectivity index is 1.93. The summed E-state index contributed by atoms with van der Waals surface area (Å²) in [5, 5.41) is 12.9. The quantitative estimate of drug-likeness (QED) is 0.841. The molecule has 116 valence electrons. The first-order chi connectivity index (χ1) is 10.3. The molecular formula is C16H18ClN3OS. The second-order valence-electron chi connectivity index (χ2n) is 6.11. The normalized spacial score (nSPS) is 11.8. The molecule has 0 aliphatic heterocycles. The van der Waals surface area contributed by atoms with E-state index in [1.54, 1.807) is 18.2 Å². The number of halogens is 1. The number of amides is 1. The molecule has 0 bridgehead atoms. The van der Waals surface area contributed by atoms with Crippen molar-refractivity contribution < 1.29 is 4.79 Å². The van der Waals surface area contributed by atoms with E-state index in [1.165, 1.54) is 17.4 Å². The zero-order chi connectivity index (χ0) is 16.2. The lowest BCUT2D eigenvalue weighted by Gasteiger charge is -2.14. The third-order valence-corrected chi connectivity index (χ3v) is 3.77. The van der Waals surface area contributed by atoms with Crippen LogP contribution in [0.1, 0.15) is 31.3 Å². The minimum atomic E-state index is -0.228. The number of carbonyl (C=O) groups excluding carboxylic acids is 1. The highest BCUT2D eigenvalue weighted by Crippen LogP contribution is 2.24. The van der Waals surface area contributed by atoms with Gasteiger partial charge in [0.1, 0.15) is 5.01 Å². The monoisotopic (exact) mass is 335 g/mol. The van der Waals surface area contributed by atoms with E-state index in [0.717, 1.165) is 17.0 Å².